The average Bonchev–Trinajstić information content (AvgIpc) is 3.34. The van der Waals surface area contributed by atoms with Gasteiger partial charge in [0.25, 0.3) is 5.91 Å². The minimum Gasteiger partial charge on any atom is -0.352 e. The molecular weight excluding hydrogens is 420 g/mol. The fourth-order valence-electron chi connectivity index (χ4n) is 3.07. The second-order valence-electron chi connectivity index (χ2n) is 7.01. The van der Waals surface area contributed by atoms with Crippen molar-refractivity contribution in [1.29, 1.82) is 0 Å². The lowest BCUT2D eigenvalue weighted by Gasteiger charge is -2.09. The number of carbonyl (C=O) groups excluding carboxylic acids is 1. The molecule has 0 spiro atoms. The van der Waals surface area contributed by atoms with Crippen molar-refractivity contribution >= 4 is 27.3 Å². The zero-order valence-corrected chi connectivity index (χ0v) is 18.7. The maximum Gasteiger partial charge on any atom is 0.251 e. The Labute approximate surface area is 181 Å². The zero-order chi connectivity index (χ0) is 21.6. The van der Waals surface area contributed by atoms with Crippen molar-refractivity contribution in [3.8, 4) is 0 Å². The van der Waals surface area contributed by atoms with Gasteiger partial charge in [-0.3, -0.25) is 9.48 Å². The first kappa shape index (κ1) is 22.2. The highest BCUT2D eigenvalue weighted by atomic mass is 32.2. The third-order valence-electron chi connectivity index (χ3n) is 4.61. The van der Waals surface area contributed by atoms with Gasteiger partial charge in [0.1, 0.15) is 0 Å². The Morgan fingerprint density at radius 1 is 1.13 bits per heavy atom. The molecular formula is C21H26N4O3S2. The van der Waals surface area contributed by atoms with Crippen molar-refractivity contribution in [3.63, 3.8) is 0 Å². The second kappa shape index (κ2) is 10.0. The molecule has 2 N–H and O–H groups in total. The van der Waals surface area contributed by atoms with Gasteiger partial charge in [-0.15, -0.1) is 11.3 Å². The van der Waals surface area contributed by atoms with Gasteiger partial charge in [0.15, 0.2) is 0 Å². The molecule has 3 rings (SSSR count). The predicted molar refractivity (Wildman–Crippen MR) is 118 cm³/mol. The van der Waals surface area contributed by atoms with Crippen molar-refractivity contribution in [3.05, 3.63) is 69.7 Å². The lowest BCUT2D eigenvalue weighted by molar-refractivity contribution is 0.0952. The number of benzene rings is 1. The largest absolute Gasteiger partial charge is 0.352 e. The first-order valence-electron chi connectivity index (χ1n) is 9.76. The molecule has 0 saturated carbocycles. The van der Waals surface area contributed by atoms with Gasteiger partial charge in [-0.05, 0) is 68.5 Å². The van der Waals surface area contributed by atoms with Crippen LogP contribution < -0.4 is 10.0 Å². The topological polar surface area (TPSA) is 93.1 Å². The zero-order valence-electron chi connectivity index (χ0n) is 17.1. The summed E-state index contributed by atoms with van der Waals surface area (Å²) in [4.78, 5) is 13.6. The van der Waals surface area contributed by atoms with E-state index in [1.807, 2.05) is 42.1 Å². The quantitative estimate of drug-likeness (QED) is 0.468. The second-order valence-corrected chi connectivity index (χ2v) is 9.81. The number of aromatic nitrogens is 2. The van der Waals surface area contributed by atoms with E-state index < -0.39 is 10.0 Å². The molecule has 0 saturated heterocycles. The van der Waals surface area contributed by atoms with Crippen molar-refractivity contribution < 1.29 is 13.2 Å². The Balaban J connectivity index is 1.46. The van der Waals surface area contributed by atoms with Gasteiger partial charge in [0.2, 0.25) is 10.0 Å². The van der Waals surface area contributed by atoms with E-state index in [9.17, 15) is 13.2 Å². The summed E-state index contributed by atoms with van der Waals surface area (Å²) in [5.41, 5.74) is 2.51. The molecule has 7 nitrogen and oxygen atoms in total. The highest BCUT2D eigenvalue weighted by molar-refractivity contribution is 7.89. The van der Waals surface area contributed by atoms with Gasteiger partial charge in [-0.25, -0.2) is 13.1 Å². The van der Waals surface area contributed by atoms with Gasteiger partial charge in [-0.2, -0.15) is 5.10 Å². The van der Waals surface area contributed by atoms with E-state index in [2.05, 4.69) is 15.1 Å². The highest BCUT2D eigenvalue weighted by Crippen LogP contribution is 2.12. The minimum absolute atomic E-state index is 0.148. The molecule has 0 radical (unpaired) electrons. The number of amides is 1. The summed E-state index contributed by atoms with van der Waals surface area (Å²) in [7, 11) is -3.60. The van der Waals surface area contributed by atoms with Crippen molar-refractivity contribution in [2.24, 2.45) is 0 Å². The Hall–Kier alpha value is -2.49. The van der Waals surface area contributed by atoms with Crippen LogP contribution in [0.3, 0.4) is 0 Å². The number of hydrogen-bond donors (Lipinski definition) is 2. The number of aryl methyl sites for hydroxylation is 3. The van der Waals surface area contributed by atoms with Crippen LogP contribution in [0.25, 0.3) is 0 Å². The van der Waals surface area contributed by atoms with E-state index in [0.717, 1.165) is 29.2 Å². The SMILES string of the molecule is Cc1cc(C)n(CCCNC(=O)c2ccc(S(=O)(=O)NCCc3cccs3)cc2)n1. The Morgan fingerprint density at radius 3 is 2.53 bits per heavy atom. The monoisotopic (exact) mass is 446 g/mol. The van der Waals surface area contributed by atoms with Crippen LogP contribution in [0.15, 0.2) is 52.7 Å². The molecule has 0 unspecified atom stereocenters. The first-order chi connectivity index (χ1) is 14.3. The fourth-order valence-corrected chi connectivity index (χ4v) is 4.81. The highest BCUT2D eigenvalue weighted by Gasteiger charge is 2.14. The summed E-state index contributed by atoms with van der Waals surface area (Å²) in [6.45, 7) is 5.54. The normalized spacial score (nSPS) is 11.5. The number of nitrogens with one attached hydrogen (secondary N) is 2. The van der Waals surface area contributed by atoms with Crippen molar-refractivity contribution in [2.45, 2.75) is 38.1 Å². The Kier molecular flexibility index (Phi) is 7.41. The third kappa shape index (κ3) is 6.01. The van der Waals surface area contributed by atoms with Crippen LogP contribution in [-0.4, -0.2) is 37.2 Å². The predicted octanol–water partition coefficient (Wildman–Crippen LogP) is 2.90. The minimum atomic E-state index is -3.60. The Bertz CT molecular complexity index is 1070. The van der Waals surface area contributed by atoms with Crippen LogP contribution in [0.2, 0.25) is 0 Å². The lowest BCUT2D eigenvalue weighted by atomic mass is 10.2. The Morgan fingerprint density at radius 2 is 1.90 bits per heavy atom. The van der Waals surface area contributed by atoms with Crippen LogP contribution in [0.1, 0.15) is 33.0 Å². The van der Waals surface area contributed by atoms with E-state index in [-0.39, 0.29) is 10.8 Å². The van der Waals surface area contributed by atoms with Gasteiger partial charge >= 0.3 is 0 Å². The van der Waals surface area contributed by atoms with Gasteiger partial charge in [0, 0.05) is 35.8 Å². The van der Waals surface area contributed by atoms with E-state index in [4.69, 9.17) is 0 Å². The molecule has 0 atom stereocenters. The summed E-state index contributed by atoms with van der Waals surface area (Å²) in [6, 6.07) is 11.9. The summed E-state index contributed by atoms with van der Waals surface area (Å²) in [5, 5.41) is 9.22. The summed E-state index contributed by atoms with van der Waals surface area (Å²) in [6.07, 6.45) is 1.41. The molecule has 30 heavy (non-hydrogen) atoms. The van der Waals surface area contributed by atoms with Crippen LogP contribution >= 0.6 is 11.3 Å². The number of thiophene rings is 1. The van der Waals surface area contributed by atoms with E-state index in [1.165, 1.54) is 24.3 Å². The molecule has 9 heteroatoms. The maximum absolute atomic E-state index is 12.4. The summed E-state index contributed by atoms with van der Waals surface area (Å²) >= 11 is 1.60. The number of rotatable bonds is 10. The molecule has 0 fully saturated rings. The third-order valence-corrected chi connectivity index (χ3v) is 7.02. The molecule has 2 heterocycles. The van der Waals surface area contributed by atoms with Crippen LogP contribution in [0.5, 0.6) is 0 Å². The van der Waals surface area contributed by atoms with Crippen LogP contribution in [0, 0.1) is 13.8 Å². The maximum atomic E-state index is 12.4. The lowest BCUT2D eigenvalue weighted by Crippen LogP contribution is -2.27. The number of sulfonamides is 1. The average molecular weight is 447 g/mol. The smallest absolute Gasteiger partial charge is 0.251 e. The molecule has 0 aliphatic carbocycles. The molecule has 1 aromatic carbocycles. The van der Waals surface area contributed by atoms with Gasteiger partial charge in [0.05, 0.1) is 10.6 Å². The molecule has 2 aromatic heterocycles. The number of nitrogens with zero attached hydrogens (tertiary/aromatic N) is 2. The molecule has 3 aromatic rings. The molecule has 0 aliphatic heterocycles. The fraction of sp³-hybridized carbons (Fsp3) is 0.333. The van der Waals surface area contributed by atoms with Gasteiger partial charge < -0.3 is 5.32 Å². The standard InChI is InChI=1S/C21H26N4O3S2/c1-16-15-17(2)25(24-16)13-4-11-22-21(26)18-6-8-20(9-7-18)30(27,28)23-12-10-19-5-3-14-29-19/h3,5-9,14-15,23H,4,10-13H2,1-2H3,(H,22,26). The number of carbonyl (C=O) groups is 1. The van der Waals surface area contributed by atoms with Gasteiger partial charge in [-0.1, -0.05) is 6.07 Å². The molecule has 0 bridgehead atoms. The van der Waals surface area contributed by atoms with E-state index in [0.29, 0.717) is 25.1 Å². The number of hydrogen-bond acceptors (Lipinski definition) is 5. The van der Waals surface area contributed by atoms with E-state index >= 15 is 0 Å². The summed E-state index contributed by atoms with van der Waals surface area (Å²) in [5.74, 6) is -0.224. The van der Waals surface area contributed by atoms with Crippen LogP contribution in [-0.2, 0) is 23.0 Å². The summed E-state index contributed by atoms with van der Waals surface area (Å²) < 4.78 is 29.3. The van der Waals surface area contributed by atoms with Crippen molar-refractivity contribution in [1.82, 2.24) is 19.8 Å². The molecule has 1 amide bonds. The van der Waals surface area contributed by atoms with Crippen LogP contribution in [0.4, 0.5) is 0 Å². The van der Waals surface area contributed by atoms with Crippen molar-refractivity contribution in [2.75, 3.05) is 13.1 Å². The van der Waals surface area contributed by atoms with E-state index in [1.54, 1.807) is 11.3 Å². The first-order valence-corrected chi connectivity index (χ1v) is 12.1. The molecule has 0 aliphatic rings. The molecule has 160 valence electrons.